The monoisotopic (exact) mass is 1200 g/mol. The second-order valence-corrected chi connectivity index (χ2v) is 25.4. The molecule has 0 spiro atoms. The molecule has 2 aliphatic heterocycles. The Labute approximate surface area is 513 Å². The smallest absolute Gasteiger partial charge is 0.220 e. The maximum atomic E-state index is 13.4. The van der Waals surface area contributed by atoms with Crippen molar-refractivity contribution in [2.75, 3.05) is 19.8 Å². The molecule has 2 aliphatic rings. The van der Waals surface area contributed by atoms with Crippen LogP contribution in [0.3, 0.4) is 0 Å². The zero-order valence-corrected chi connectivity index (χ0v) is 53.9. The normalized spacial score (nSPS) is 23.7. The van der Waals surface area contributed by atoms with Crippen LogP contribution in [0, 0.1) is 0 Å². The quantitative estimate of drug-likeness (QED) is 0.0204. The Morgan fingerprint density at radius 1 is 0.429 bits per heavy atom. The summed E-state index contributed by atoms with van der Waals surface area (Å²) in [5.41, 5.74) is 0. The lowest BCUT2D eigenvalue weighted by atomic mass is 9.97. The van der Waals surface area contributed by atoms with E-state index in [-0.39, 0.29) is 12.5 Å². The summed E-state index contributed by atoms with van der Waals surface area (Å²) in [6.45, 7) is 2.90. The minimum absolute atomic E-state index is 0.200. The van der Waals surface area contributed by atoms with Crippen LogP contribution in [-0.2, 0) is 23.7 Å². The van der Waals surface area contributed by atoms with E-state index >= 15 is 0 Å². The Bertz CT molecular complexity index is 1500. The van der Waals surface area contributed by atoms with Gasteiger partial charge >= 0.3 is 0 Å². The van der Waals surface area contributed by atoms with Gasteiger partial charge in [-0.05, 0) is 44.9 Å². The molecule has 0 aromatic heterocycles. The van der Waals surface area contributed by atoms with Gasteiger partial charge in [0.05, 0.1) is 32.0 Å². The number of allylic oxidation sites excluding steroid dienone is 4. The molecule has 0 saturated carbocycles. The van der Waals surface area contributed by atoms with Crippen molar-refractivity contribution in [1.29, 1.82) is 0 Å². The van der Waals surface area contributed by atoms with Gasteiger partial charge in [-0.1, -0.05) is 295 Å². The fourth-order valence-electron chi connectivity index (χ4n) is 12.0. The second kappa shape index (κ2) is 55.5. The third kappa shape index (κ3) is 39.5. The van der Waals surface area contributed by atoms with Gasteiger partial charge in [0.2, 0.25) is 5.91 Å². The van der Waals surface area contributed by atoms with Crippen molar-refractivity contribution in [3.8, 4) is 0 Å². The van der Waals surface area contributed by atoms with Crippen LogP contribution in [0.15, 0.2) is 24.3 Å². The van der Waals surface area contributed by atoms with Gasteiger partial charge in [-0.15, -0.1) is 0 Å². The van der Waals surface area contributed by atoms with E-state index in [1.807, 2.05) is 0 Å². The van der Waals surface area contributed by atoms with Crippen molar-refractivity contribution >= 4 is 5.91 Å². The first-order valence-corrected chi connectivity index (χ1v) is 35.6. The summed E-state index contributed by atoms with van der Waals surface area (Å²) in [7, 11) is 0. The molecule has 12 atom stereocenters. The Kier molecular flexibility index (Phi) is 51.9. The fourth-order valence-corrected chi connectivity index (χ4v) is 12.0. The third-order valence-corrected chi connectivity index (χ3v) is 17.7. The summed E-state index contributed by atoms with van der Waals surface area (Å²) < 4.78 is 22.9. The van der Waals surface area contributed by atoms with Crippen LogP contribution in [0.4, 0.5) is 0 Å². The molecule has 2 fully saturated rings. The third-order valence-electron chi connectivity index (χ3n) is 17.7. The minimum atomic E-state index is -1.78. The summed E-state index contributed by atoms with van der Waals surface area (Å²) in [6, 6.07) is -0.827. The number of nitrogens with one attached hydrogen (secondary N) is 1. The molecular formula is C70H133NO13. The van der Waals surface area contributed by atoms with Gasteiger partial charge in [0.15, 0.2) is 12.6 Å². The molecule has 84 heavy (non-hydrogen) atoms. The second-order valence-electron chi connectivity index (χ2n) is 25.4. The molecule has 0 radical (unpaired) electrons. The van der Waals surface area contributed by atoms with E-state index in [9.17, 15) is 45.6 Å². The van der Waals surface area contributed by atoms with E-state index in [4.69, 9.17) is 18.9 Å². The number of aliphatic hydroxyl groups is 8. The lowest BCUT2D eigenvalue weighted by molar-refractivity contribution is -0.359. The van der Waals surface area contributed by atoms with Crippen molar-refractivity contribution in [2.24, 2.45) is 0 Å². The molecule has 12 unspecified atom stereocenters. The Morgan fingerprint density at radius 3 is 1.19 bits per heavy atom. The van der Waals surface area contributed by atoms with Crippen LogP contribution >= 0.6 is 0 Å². The van der Waals surface area contributed by atoms with E-state index in [0.29, 0.717) is 12.8 Å². The fraction of sp³-hybridized carbons (Fsp3) is 0.929. The van der Waals surface area contributed by atoms with E-state index in [0.717, 1.165) is 57.8 Å². The highest BCUT2D eigenvalue weighted by atomic mass is 16.7. The van der Waals surface area contributed by atoms with Crippen molar-refractivity contribution in [3.05, 3.63) is 24.3 Å². The summed E-state index contributed by atoms with van der Waals surface area (Å²) in [4.78, 5) is 13.4. The number of amides is 1. The zero-order chi connectivity index (χ0) is 60.9. The molecule has 9 N–H and O–H groups in total. The largest absolute Gasteiger partial charge is 0.394 e. The number of rotatable bonds is 59. The molecule has 2 heterocycles. The van der Waals surface area contributed by atoms with Gasteiger partial charge < -0.3 is 65.1 Å². The topological polar surface area (TPSA) is 228 Å². The van der Waals surface area contributed by atoms with E-state index in [1.54, 1.807) is 0 Å². The van der Waals surface area contributed by atoms with E-state index < -0.39 is 86.8 Å². The van der Waals surface area contributed by atoms with Crippen molar-refractivity contribution < 1.29 is 64.6 Å². The standard InChI is InChI=1S/C70H133NO13/c1-3-5-7-9-11-13-15-17-19-21-23-24-25-26-27-28-29-30-31-32-33-34-36-38-40-42-44-46-48-50-52-54-62(75)71-58(59(74)53-51-49-47-45-43-41-39-37-35-22-20-18-16-14-12-10-8-6-4-2)57-81-69-67(80)65(78)68(61(56-73)83-69)84-70-66(79)64(77)63(76)60(55-72)82-70/h15,17,21,23,58-61,63-70,72-74,76-80H,3-14,16,18-20,22,24-57H2,1-2H3,(H,71,75)/b17-15-,23-21-. The van der Waals surface area contributed by atoms with Gasteiger partial charge in [0.1, 0.15) is 48.8 Å². The predicted molar refractivity (Wildman–Crippen MR) is 342 cm³/mol. The van der Waals surface area contributed by atoms with Gasteiger partial charge in [0, 0.05) is 6.42 Å². The van der Waals surface area contributed by atoms with Crippen molar-refractivity contribution in [1.82, 2.24) is 5.32 Å². The summed E-state index contributed by atoms with van der Waals surface area (Å²) in [6.07, 6.45) is 51.9. The van der Waals surface area contributed by atoms with Crippen LogP contribution in [0.25, 0.3) is 0 Å². The number of unbranched alkanes of at least 4 members (excludes halogenated alkanes) is 42. The highest BCUT2D eigenvalue weighted by Gasteiger charge is 2.51. The molecule has 0 aliphatic carbocycles. The number of carbonyl (C=O) groups excluding carboxylic acids is 1. The summed E-state index contributed by atoms with van der Waals surface area (Å²) in [5.74, 6) is -0.200. The molecule has 1 amide bonds. The Morgan fingerprint density at radius 2 is 0.786 bits per heavy atom. The highest BCUT2D eigenvalue weighted by molar-refractivity contribution is 5.76. The zero-order valence-electron chi connectivity index (χ0n) is 53.9. The lowest BCUT2D eigenvalue weighted by Crippen LogP contribution is -2.65. The minimum Gasteiger partial charge on any atom is -0.394 e. The first-order chi connectivity index (χ1) is 41.1. The average molecular weight is 1200 g/mol. The maximum absolute atomic E-state index is 13.4. The molecule has 2 rings (SSSR count). The lowest BCUT2D eigenvalue weighted by Gasteiger charge is -2.46. The van der Waals surface area contributed by atoms with Gasteiger partial charge in [-0.25, -0.2) is 0 Å². The molecule has 14 heteroatoms. The van der Waals surface area contributed by atoms with Gasteiger partial charge in [-0.2, -0.15) is 0 Å². The van der Waals surface area contributed by atoms with Crippen molar-refractivity contribution in [3.63, 3.8) is 0 Å². The highest BCUT2D eigenvalue weighted by Crippen LogP contribution is 2.30. The number of carbonyl (C=O) groups is 1. The molecule has 0 aromatic carbocycles. The van der Waals surface area contributed by atoms with Crippen LogP contribution in [-0.4, -0.2) is 140 Å². The van der Waals surface area contributed by atoms with Crippen molar-refractivity contribution in [2.45, 2.75) is 396 Å². The van der Waals surface area contributed by atoms with E-state index in [2.05, 4.69) is 43.5 Å². The molecule has 0 aromatic rings. The summed E-state index contributed by atoms with van der Waals surface area (Å²) in [5, 5.41) is 87.6. The molecule has 14 nitrogen and oxygen atoms in total. The van der Waals surface area contributed by atoms with E-state index in [1.165, 1.54) is 238 Å². The Hall–Kier alpha value is -1.53. The number of hydrogen-bond acceptors (Lipinski definition) is 13. The average Bonchev–Trinajstić information content (AvgIpc) is 3.18. The van der Waals surface area contributed by atoms with Crippen LogP contribution in [0.5, 0.6) is 0 Å². The predicted octanol–water partition coefficient (Wildman–Crippen LogP) is 14.3. The van der Waals surface area contributed by atoms with Gasteiger partial charge in [0.25, 0.3) is 0 Å². The number of ether oxygens (including phenoxy) is 4. The molecule has 0 bridgehead atoms. The van der Waals surface area contributed by atoms with Crippen LogP contribution < -0.4 is 5.32 Å². The summed E-state index contributed by atoms with van der Waals surface area (Å²) >= 11 is 0. The SMILES string of the molecule is CCCCCCC/C=C\C/C=C\CCCCCCCCCCCCCCCCCCCCCC(=O)NC(COC1OC(CO)C(OC2OC(CO)C(O)C(O)C2O)C(O)C1O)C(O)CCCCCCCCCCCCCCCCCCCCC. The molecular weight excluding hydrogens is 1060 g/mol. The van der Waals surface area contributed by atoms with Crippen LogP contribution in [0.2, 0.25) is 0 Å². The number of aliphatic hydroxyl groups excluding tert-OH is 8. The Balaban J connectivity index is 1.63. The number of hydrogen-bond donors (Lipinski definition) is 9. The maximum Gasteiger partial charge on any atom is 0.220 e. The first kappa shape index (κ1) is 78.6. The van der Waals surface area contributed by atoms with Crippen LogP contribution in [0.1, 0.15) is 322 Å². The first-order valence-electron chi connectivity index (χ1n) is 35.6. The molecule has 2 saturated heterocycles. The van der Waals surface area contributed by atoms with Gasteiger partial charge in [-0.3, -0.25) is 4.79 Å². The molecule has 496 valence electrons.